The molecule has 1 aliphatic heterocycles. The molecule has 1 atom stereocenters. The minimum absolute atomic E-state index is 0.157. The van der Waals surface area contributed by atoms with Crippen LogP contribution in [-0.4, -0.2) is 56.6 Å². The Hall–Kier alpha value is -2.08. The maximum absolute atomic E-state index is 12.4. The van der Waals surface area contributed by atoms with Gasteiger partial charge in [-0.1, -0.05) is 29.8 Å². The van der Waals surface area contributed by atoms with Crippen LogP contribution in [0, 0.1) is 6.92 Å². The molecule has 0 saturated heterocycles. The number of carbonyl (C=O) groups is 1. The van der Waals surface area contributed by atoms with E-state index in [2.05, 4.69) is 41.6 Å². The molecule has 3 rings (SSSR count). The second-order valence-electron chi connectivity index (χ2n) is 7.81. The average molecular weight is 401 g/mol. The van der Waals surface area contributed by atoms with Gasteiger partial charge in [-0.15, -0.1) is 0 Å². The summed E-state index contributed by atoms with van der Waals surface area (Å²) < 4.78 is 0. The van der Waals surface area contributed by atoms with E-state index in [1.165, 1.54) is 16.7 Å². The van der Waals surface area contributed by atoms with Crippen LogP contribution in [0.25, 0.3) is 0 Å². The first kappa shape index (κ1) is 20.6. The molecule has 0 saturated carbocycles. The highest BCUT2D eigenvalue weighted by atomic mass is 35.5. The molecular weight excluding hydrogens is 372 g/mol. The second kappa shape index (κ2) is 8.95. The predicted octanol–water partition coefficient (Wildman–Crippen LogP) is 3.91. The van der Waals surface area contributed by atoms with Gasteiger partial charge >= 0.3 is 6.03 Å². The summed E-state index contributed by atoms with van der Waals surface area (Å²) in [6.07, 6.45) is 0. The molecule has 0 radical (unpaired) electrons. The quantitative estimate of drug-likeness (QED) is 0.799. The van der Waals surface area contributed by atoms with Crippen LogP contribution in [0.4, 0.5) is 10.5 Å². The first-order valence-electron chi connectivity index (χ1n) is 9.61. The molecule has 0 aliphatic carbocycles. The zero-order chi connectivity index (χ0) is 20.3. The topological polar surface area (TPSA) is 47.6 Å². The van der Waals surface area contributed by atoms with Crippen molar-refractivity contribution < 1.29 is 4.79 Å². The van der Waals surface area contributed by atoms with Crippen molar-refractivity contribution in [2.75, 3.05) is 46.1 Å². The molecule has 0 aromatic heterocycles. The summed E-state index contributed by atoms with van der Waals surface area (Å²) in [7, 11) is 6.10. The third kappa shape index (κ3) is 4.85. The fourth-order valence-electron chi connectivity index (χ4n) is 3.81. The molecule has 150 valence electrons. The molecule has 0 spiro atoms. The summed E-state index contributed by atoms with van der Waals surface area (Å²) in [4.78, 5) is 16.7. The zero-order valence-corrected chi connectivity index (χ0v) is 17.8. The summed E-state index contributed by atoms with van der Waals surface area (Å²) in [6.45, 7) is 5.31. The Kier molecular flexibility index (Phi) is 6.60. The van der Waals surface area contributed by atoms with Crippen molar-refractivity contribution in [1.82, 2.24) is 15.1 Å². The number of rotatable bonds is 5. The summed E-state index contributed by atoms with van der Waals surface area (Å²) in [5.41, 5.74) is 5.75. The van der Waals surface area contributed by atoms with Crippen molar-refractivity contribution in [2.45, 2.75) is 19.4 Å². The summed E-state index contributed by atoms with van der Waals surface area (Å²) in [5.74, 6) is 0.157. The van der Waals surface area contributed by atoms with Gasteiger partial charge in [-0.25, -0.2) is 4.79 Å². The molecule has 2 aromatic carbocycles. The van der Waals surface area contributed by atoms with Gasteiger partial charge in [0.05, 0.1) is 0 Å². The standard InChI is InChI=1S/C22H29ClN4O/c1-15-11-16(23)12-18-19(15)13-27(4)14-20(18)17-7-5-6-8-21(17)25-22(28)24-9-10-26(2)3/h5-8,11-12,20H,9-10,13-14H2,1-4H3,(H2,24,25,28). The monoisotopic (exact) mass is 400 g/mol. The number of hydrogen-bond acceptors (Lipinski definition) is 3. The molecule has 5 nitrogen and oxygen atoms in total. The number of aryl methyl sites for hydroxylation is 1. The number of para-hydroxylation sites is 1. The zero-order valence-electron chi connectivity index (χ0n) is 17.1. The van der Waals surface area contributed by atoms with E-state index in [-0.39, 0.29) is 11.9 Å². The largest absolute Gasteiger partial charge is 0.337 e. The van der Waals surface area contributed by atoms with Crippen molar-refractivity contribution in [3.8, 4) is 0 Å². The van der Waals surface area contributed by atoms with Gasteiger partial charge in [0, 0.05) is 42.8 Å². The number of likely N-dealkylation sites (N-methyl/N-ethyl adjacent to an activating group) is 2. The number of carbonyl (C=O) groups excluding carboxylic acids is 1. The van der Waals surface area contributed by atoms with Gasteiger partial charge in [-0.05, 0) is 68.5 Å². The lowest BCUT2D eigenvalue weighted by molar-refractivity contribution is 0.250. The Morgan fingerprint density at radius 2 is 2.00 bits per heavy atom. The van der Waals surface area contributed by atoms with Gasteiger partial charge < -0.3 is 20.4 Å². The Labute approximate surface area is 172 Å². The number of urea groups is 1. The van der Waals surface area contributed by atoms with E-state index >= 15 is 0 Å². The normalized spacial score (nSPS) is 16.7. The number of nitrogens with one attached hydrogen (secondary N) is 2. The molecule has 0 fully saturated rings. The third-order valence-corrected chi connectivity index (χ3v) is 5.42. The molecule has 0 bridgehead atoms. The lowest BCUT2D eigenvalue weighted by atomic mass is 9.82. The van der Waals surface area contributed by atoms with Crippen LogP contribution in [0.1, 0.15) is 28.2 Å². The van der Waals surface area contributed by atoms with E-state index in [4.69, 9.17) is 11.6 Å². The lowest BCUT2D eigenvalue weighted by Gasteiger charge is -2.34. The number of amides is 2. The molecule has 1 heterocycles. The lowest BCUT2D eigenvalue weighted by Crippen LogP contribution is -2.35. The highest BCUT2D eigenvalue weighted by Crippen LogP contribution is 2.39. The van der Waals surface area contributed by atoms with Crippen molar-refractivity contribution >= 4 is 23.3 Å². The summed E-state index contributed by atoms with van der Waals surface area (Å²) in [6, 6.07) is 12.0. The number of fused-ring (bicyclic) bond motifs is 1. The van der Waals surface area contributed by atoms with Gasteiger partial charge in [0.15, 0.2) is 0 Å². The number of anilines is 1. The average Bonchev–Trinajstić information content (AvgIpc) is 2.62. The molecule has 1 unspecified atom stereocenters. The molecule has 2 amide bonds. The predicted molar refractivity (Wildman–Crippen MR) is 116 cm³/mol. The number of halogens is 1. The van der Waals surface area contributed by atoms with Crippen molar-refractivity contribution in [1.29, 1.82) is 0 Å². The number of hydrogen-bond donors (Lipinski definition) is 2. The summed E-state index contributed by atoms with van der Waals surface area (Å²) >= 11 is 6.38. The Morgan fingerprint density at radius 1 is 1.25 bits per heavy atom. The van der Waals surface area contributed by atoms with Crippen LogP contribution in [-0.2, 0) is 6.54 Å². The molecule has 2 N–H and O–H groups in total. The SMILES string of the molecule is Cc1cc(Cl)cc2c1CN(C)CC2c1ccccc1NC(=O)NCCN(C)C. The van der Waals surface area contributed by atoms with Gasteiger partial charge in [-0.3, -0.25) is 0 Å². The molecule has 6 heteroatoms. The van der Waals surface area contributed by atoms with Crippen LogP contribution < -0.4 is 10.6 Å². The highest BCUT2D eigenvalue weighted by molar-refractivity contribution is 6.30. The summed E-state index contributed by atoms with van der Waals surface area (Å²) in [5, 5.41) is 6.71. The van der Waals surface area contributed by atoms with Crippen LogP contribution in [0.15, 0.2) is 36.4 Å². The minimum Gasteiger partial charge on any atom is -0.337 e. The van der Waals surface area contributed by atoms with E-state index in [1.54, 1.807) is 0 Å². The van der Waals surface area contributed by atoms with E-state index < -0.39 is 0 Å². The molecule has 2 aromatic rings. The molecular formula is C22H29ClN4O. The van der Waals surface area contributed by atoms with Crippen molar-refractivity contribution in [2.24, 2.45) is 0 Å². The van der Waals surface area contributed by atoms with Gasteiger partial charge in [0.25, 0.3) is 0 Å². The smallest absolute Gasteiger partial charge is 0.319 e. The first-order chi connectivity index (χ1) is 13.3. The Balaban J connectivity index is 1.88. The second-order valence-corrected chi connectivity index (χ2v) is 8.25. The Bertz CT molecular complexity index is 852. The van der Waals surface area contributed by atoms with Crippen LogP contribution in [0.3, 0.4) is 0 Å². The molecule has 1 aliphatic rings. The van der Waals surface area contributed by atoms with Gasteiger partial charge in [0.1, 0.15) is 0 Å². The van der Waals surface area contributed by atoms with Crippen LogP contribution >= 0.6 is 11.6 Å². The minimum atomic E-state index is -0.180. The maximum atomic E-state index is 12.4. The van der Waals surface area contributed by atoms with Crippen LogP contribution in [0.2, 0.25) is 5.02 Å². The van der Waals surface area contributed by atoms with Gasteiger partial charge in [0.2, 0.25) is 0 Å². The highest BCUT2D eigenvalue weighted by Gasteiger charge is 2.28. The van der Waals surface area contributed by atoms with E-state index in [0.29, 0.717) is 6.54 Å². The van der Waals surface area contributed by atoms with Gasteiger partial charge in [-0.2, -0.15) is 0 Å². The van der Waals surface area contributed by atoms with Crippen molar-refractivity contribution in [3.05, 3.63) is 63.7 Å². The number of nitrogens with zero attached hydrogens (tertiary/aromatic N) is 2. The fraction of sp³-hybridized carbons (Fsp3) is 0.409. The van der Waals surface area contributed by atoms with E-state index in [1.807, 2.05) is 43.3 Å². The fourth-order valence-corrected chi connectivity index (χ4v) is 4.09. The first-order valence-corrected chi connectivity index (χ1v) is 9.99. The van der Waals surface area contributed by atoms with Crippen molar-refractivity contribution in [3.63, 3.8) is 0 Å². The van der Waals surface area contributed by atoms with Crippen LogP contribution in [0.5, 0.6) is 0 Å². The Morgan fingerprint density at radius 3 is 2.75 bits per heavy atom. The maximum Gasteiger partial charge on any atom is 0.319 e. The molecule has 28 heavy (non-hydrogen) atoms. The third-order valence-electron chi connectivity index (χ3n) is 5.20. The van der Waals surface area contributed by atoms with E-state index in [9.17, 15) is 4.79 Å². The van der Waals surface area contributed by atoms with E-state index in [0.717, 1.165) is 35.9 Å². The number of benzene rings is 2.